The molecule has 1 N–H and O–H groups in total. The molecule has 2 aliphatic rings. The van der Waals surface area contributed by atoms with Crippen molar-refractivity contribution in [3.8, 4) is 0 Å². The molecule has 0 spiro atoms. The van der Waals surface area contributed by atoms with Crippen molar-refractivity contribution < 1.29 is 14.4 Å². The van der Waals surface area contributed by atoms with Crippen LogP contribution < -0.4 is 5.32 Å². The quantitative estimate of drug-likeness (QED) is 0.793. The van der Waals surface area contributed by atoms with Gasteiger partial charge < -0.3 is 10.2 Å². The molecule has 0 aliphatic carbocycles. The fourth-order valence-electron chi connectivity index (χ4n) is 4.44. The Morgan fingerprint density at radius 1 is 1.10 bits per heavy atom. The molecule has 2 fully saturated rings. The van der Waals surface area contributed by atoms with E-state index in [9.17, 15) is 14.4 Å². The molecule has 1 aromatic rings. The maximum atomic E-state index is 13.1. The van der Waals surface area contributed by atoms with E-state index in [-0.39, 0.29) is 23.8 Å². The van der Waals surface area contributed by atoms with Gasteiger partial charge >= 0.3 is 6.03 Å². The van der Waals surface area contributed by atoms with Gasteiger partial charge in [-0.05, 0) is 41.7 Å². The fraction of sp³-hybridized carbons (Fsp3) is 0.609. The monoisotopic (exact) mass is 399 g/mol. The van der Waals surface area contributed by atoms with Crippen molar-refractivity contribution in [1.82, 2.24) is 15.1 Å². The van der Waals surface area contributed by atoms with Crippen LogP contribution in [0, 0.1) is 11.8 Å². The number of nitrogens with zero attached hydrogens (tertiary/aromatic N) is 2. The highest BCUT2D eigenvalue weighted by atomic mass is 16.2. The summed E-state index contributed by atoms with van der Waals surface area (Å²) >= 11 is 0. The highest BCUT2D eigenvalue weighted by Gasteiger charge is 2.49. The number of rotatable bonds is 3. The van der Waals surface area contributed by atoms with Crippen molar-refractivity contribution >= 4 is 17.8 Å². The van der Waals surface area contributed by atoms with Crippen LogP contribution >= 0.6 is 0 Å². The zero-order valence-electron chi connectivity index (χ0n) is 18.4. The van der Waals surface area contributed by atoms with E-state index in [1.54, 1.807) is 11.8 Å². The van der Waals surface area contributed by atoms with Gasteiger partial charge in [0.1, 0.15) is 12.1 Å². The van der Waals surface area contributed by atoms with E-state index in [0.29, 0.717) is 24.9 Å². The van der Waals surface area contributed by atoms with Crippen LogP contribution in [-0.2, 0) is 20.5 Å². The molecule has 158 valence electrons. The number of nitrogens with one attached hydrogen (secondary N) is 1. The van der Waals surface area contributed by atoms with Crippen molar-refractivity contribution in [3.63, 3.8) is 0 Å². The van der Waals surface area contributed by atoms with Gasteiger partial charge in [0.25, 0.3) is 5.91 Å². The minimum atomic E-state index is -1.16. The Hall–Kier alpha value is -2.37. The minimum absolute atomic E-state index is 0.00351. The molecule has 0 radical (unpaired) electrons. The topological polar surface area (TPSA) is 69.7 Å². The number of amides is 4. The molecule has 4 amide bonds. The third-order valence-corrected chi connectivity index (χ3v) is 6.12. The fourth-order valence-corrected chi connectivity index (χ4v) is 4.44. The zero-order valence-corrected chi connectivity index (χ0v) is 18.4. The van der Waals surface area contributed by atoms with Gasteiger partial charge in [0.2, 0.25) is 5.91 Å². The number of piperidine rings is 1. The number of hydrogen-bond acceptors (Lipinski definition) is 3. The largest absolute Gasteiger partial charge is 0.341 e. The number of benzene rings is 1. The summed E-state index contributed by atoms with van der Waals surface area (Å²) in [6, 6.07) is 7.24. The number of urea groups is 1. The van der Waals surface area contributed by atoms with Crippen LogP contribution in [0.5, 0.6) is 0 Å². The maximum Gasteiger partial charge on any atom is 0.325 e. The molecule has 2 aliphatic heterocycles. The van der Waals surface area contributed by atoms with Crippen LogP contribution in [0.15, 0.2) is 24.3 Å². The Labute approximate surface area is 173 Å². The molecule has 3 unspecified atom stereocenters. The summed E-state index contributed by atoms with van der Waals surface area (Å²) in [5.41, 5.74) is 0.723. The molecule has 0 bridgehead atoms. The van der Waals surface area contributed by atoms with Crippen molar-refractivity contribution in [3.05, 3.63) is 35.4 Å². The Bertz CT molecular complexity index is 802. The van der Waals surface area contributed by atoms with Gasteiger partial charge in [-0.15, -0.1) is 0 Å². The Kier molecular flexibility index (Phi) is 5.50. The first-order valence-corrected chi connectivity index (χ1v) is 10.4. The molecule has 1 aromatic carbocycles. The molecule has 29 heavy (non-hydrogen) atoms. The Morgan fingerprint density at radius 3 is 2.17 bits per heavy atom. The highest BCUT2D eigenvalue weighted by Crippen LogP contribution is 2.31. The lowest BCUT2D eigenvalue weighted by atomic mass is 9.84. The second-order valence-corrected chi connectivity index (χ2v) is 10.0. The van der Waals surface area contributed by atoms with Gasteiger partial charge in [0.15, 0.2) is 0 Å². The van der Waals surface area contributed by atoms with Gasteiger partial charge in [-0.3, -0.25) is 14.5 Å². The molecular weight excluding hydrogens is 366 g/mol. The van der Waals surface area contributed by atoms with Gasteiger partial charge in [-0.2, -0.15) is 0 Å². The van der Waals surface area contributed by atoms with E-state index in [4.69, 9.17) is 0 Å². The first-order valence-electron chi connectivity index (χ1n) is 10.4. The minimum Gasteiger partial charge on any atom is -0.341 e. The Morgan fingerprint density at radius 2 is 1.66 bits per heavy atom. The van der Waals surface area contributed by atoms with Gasteiger partial charge in [0.05, 0.1) is 0 Å². The standard InChI is InChI=1S/C23H33N3O3/c1-15-11-16(2)13-25(12-15)19(27)14-26-20(28)23(6,24-21(26)29)18-9-7-17(8-10-18)22(3,4)5/h7-10,15-16H,11-14H2,1-6H3,(H,24,29). The summed E-state index contributed by atoms with van der Waals surface area (Å²) in [5.74, 6) is 0.312. The van der Waals surface area contributed by atoms with Gasteiger partial charge in [0, 0.05) is 13.1 Å². The average molecular weight is 400 g/mol. The Balaban J connectivity index is 1.76. The predicted octanol–water partition coefficient (Wildman–Crippen LogP) is 3.26. The van der Waals surface area contributed by atoms with Crippen LogP contribution in [0.4, 0.5) is 4.79 Å². The molecule has 0 saturated carbocycles. The molecule has 3 atom stereocenters. The number of hydrogen-bond donors (Lipinski definition) is 1. The lowest BCUT2D eigenvalue weighted by Crippen LogP contribution is -2.48. The number of likely N-dealkylation sites (tertiary alicyclic amines) is 1. The number of carbonyl (C=O) groups is 3. The molecule has 2 heterocycles. The molecule has 2 saturated heterocycles. The molecule has 0 aromatic heterocycles. The van der Waals surface area contributed by atoms with Crippen molar-refractivity contribution in [1.29, 1.82) is 0 Å². The predicted molar refractivity (Wildman–Crippen MR) is 112 cm³/mol. The summed E-state index contributed by atoms with van der Waals surface area (Å²) in [6.07, 6.45) is 1.09. The van der Waals surface area contributed by atoms with Crippen LogP contribution in [0.25, 0.3) is 0 Å². The molecule has 6 nitrogen and oxygen atoms in total. The van der Waals surface area contributed by atoms with Crippen molar-refractivity contribution in [2.75, 3.05) is 19.6 Å². The van der Waals surface area contributed by atoms with Crippen LogP contribution in [0.3, 0.4) is 0 Å². The summed E-state index contributed by atoms with van der Waals surface area (Å²) in [7, 11) is 0. The van der Waals surface area contributed by atoms with Crippen molar-refractivity contribution in [2.24, 2.45) is 11.8 Å². The average Bonchev–Trinajstić information content (AvgIpc) is 2.84. The highest BCUT2D eigenvalue weighted by molar-refractivity contribution is 6.09. The van der Waals surface area contributed by atoms with Crippen LogP contribution in [0.2, 0.25) is 0 Å². The third-order valence-electron chi connectivity index (χ3n) is 6.12. The van der Waals surface area contributed by atoms with Gasteiger partial charge in [-0.1, -0.05) is 58.9 Å². The normalized spacial score (nSPS) is 27.9. The van der Waals surface area contributed by atoms with E-state index in [2.05, 4.69) is 39.9 Å². The van der Waals surface area contributed by atoms with Crippen LogP contribution in [-0.4, -0.2) is 47.3 Å². The first kappa shape index (κ1) is 21.3. The molecule has 6 heteroatoms. The van der Waals surface area contributed by atoms with E-state index in [1.807, 2.05) is 24.3 Å². The van der Waals surface area contributed by atoms with E-state index in [1.165, 1.54) is 0 Å². The summed E-state index contributed by atoms with van der Waals surface area (Å²) in [4.78, 5) is 41.3. The lowest BCUT2D eigenvalue weighted by molar-refractivity contribution is -0.140. The lowest BCUT2D eigenvalue weighted by Gasteiger charge is -2.35. The smallest absolute Gasteiger partial charge is 0.325 e. The number of imide groups is 1. The van der Waals surface area contributed by atoms with Gasteiger partial charge in [-0.25, -0.2) is 4.79 Å². The first-order chi connectivity index (χ1) is 13.4. The van der Waals surface area contributed by atoms with E-state index in [0.717, 1.165) is 22.4 Å². The second-order valence-electron chi connectivity index (χ2n) is 10.0. The molecular formula is C23H33N3O3. The van der Waals surface area contributed by atoms with Crippen LogP contribution in [0.1, 0.15) is 59.1 Å². The summed E-state index contributed by atoms with van der Waals surface area (Å²) < 4.78 is 0. The maximum absolute atomic E-state index is 13.1. The van der Waals surface area contributed by atoms with E-state index >= 15 is 0 Å². The summed E-state index contributed by atoms with van der Waals surface area (Å²) in [5, 5.41) is 2.80. The SMILES string of the molecule is CC1CC(C)CN(C(=O)CN2C(=O)NC(C)(c3ccc(C(C)(C)C)cc3)C2=O)C1. The summed E-state index contributed by atoms with van der Waals surface area (Å²) in [6.45, 7) is 13.5. The molecule has 3 rings (SSSR count). The van der Waals surface area contributed by atoms with Crippen molar-refractivity contribution in [2.45, 2.75) is 58.9 Å². The zero-order chi connectivity index (χ0) is 21.6. The second kappa shape index (κ2) is 7.47. The van der Waals surface area contributed by atoms with E-state index < -0.39 is 11.6 Å². The number of carbonyl (C=O) groups excluding carboxylic acids is 3. The third kappa shape index (κ3) is 4.16.